The number of fused-ring (bicyclic) bond motifs is 1. The fourth-order valence-corrected chi connectivity index (χ4v) is 5.84. The molecule has 0 aromatic carbocycles. The first kappa shape index (κ1) is 31.6. The number of ether oxygens (including phenoxy) is 2. The first-order valence-electron chi connectivity index (χ1n) is 12.2. The van der Waals surface area contributed by atoms with E-state index in [0.29, 0.717) is 0 Å². The normalized spacial score (nSPS) is 29.9. The van der Waals surface area contributed by atoms with Crippen LogP contribution < -0.4 is 17.2 Å². The summed E-state index contributed by atoms with van der Waals surface area (Å²) in [4.78, 5) is 67.0. The van der Waals surface area contributed by atoms with Gasteiger partial charge in [0.2, 0.25) is 0 Å². The van der Waals surface area contributed by atoms with Gasteiger partial charge in [-0.2, -0.15) is 19.3 Å². The Bertz CT molecular complexity index is 1570. The number of hydrogen-bond donors (Lipinski definition) is 9. The first-order valence-corrected chi connectivity index (χ1v) is 15.2. The van der Waals surface area contributed by atoms with Crippen LogP contribution in [0.25, 0.3) is 11.2 Å². The molecule has 24 heteroatoms. The number of aromatic nitrogens is 6. The minimum absolute atomic E-state index is 0.0614. The smallest absolute Gasteiger partial charge is 0.387 e. The molecule has 0 spiro atoms. The van der Waals surface area contributed by atoms with E-state index in [2.05, 4.69) is 24.5 Å². The molecule has 0 saturated carbocycles. The van der Waals surface area contributed by atoms with Crippen molar-refractivity contribution in [1.29, 1.82) is 0 Å². The molecular formula is C19H27N8O14P2+. The van der Waals surface area contributed by atoms with Crippen molar-refractivity contribution in [2.75, 3.05) is 24.7 Å². The van der Waals surface area contributed by atoms with Gasteiger partial charge in [0.15, 0.2) is 30.0 Å². The molecule has 43 heavy (non-hydrogen) atoms. The average Bonchev–Trinajstić information content (AvgIpc) is 3.57. The second-order valence-electron chi connectivity index (χ2n) is 9.37. The predicted octanol–water partition coefficient (Wildman–Crippen LogP) is -3.70. The number of hydrogen-bond acceptors (Lipinski definition) is 18. The molecule has 2 aliphatic rings. The molecule has 22 nitrogen and oxygen atoms in total. The molecule has 5 rings (SSSR count). The highest BCUT2D eigenvalue weighted by molar-refractivity contribution is 7.54. The molecular weight excluding hydrogens is 626 g/mol. The lowest BCUT2D eigenvalue weighted by molar-refractivity contribution is -0.0632. The molecule has 3 aromatic rings. The van der Waals surface area contributed by atoms with Crippen LogP contribution in [0.1, 0.15) is 12.5 Å². The van der Waals surface area contributed by atoms with Crippen LogP contribution >= 0.6 is 16.0 Å². The zero-order valence-electron chi connectivity index (χ0n) is 21.6. The number of nitrogens with two attached hydrogens (primary N) is 2. The third-order valence-electron chi connectivity index (χ3n) is 6.51. The minimum atomic E-state index is -5.06. The number of nitrogens with zero attached hydrogens (tertiary/aromatic N) is 6. The Balaban J connectivity index is 1.29. The van der Waals surface area contributed by atoms with Gasteiger partial charge in [0, 0.05) is 6.20 Å². The van der Waals surface area contributed by atoms with Crippen LogP contribution in [-0.4, -0.2) is 114 Å². The monoisotopic (exact) mass is 653 g/mol. The predicted molar refractivity (Wildman–Crippen MR) is 139 cm³/mol. The Kier molecular flexibility index (Phi) is 8.79. The topological polar surface area (TPSA) is 335 Å². The maximum absolute atomic E-state index is 12.3. The van der Waals surface area contributed by atoms with E-state index in [0.717, 1.165) is 17.1 Å². The molecule has 0 amide bonds. The highest BCUT2D eigenvalue weighted by Gasteiger charge is 2.56. The summed E-state index contributed by atoms with van der Waals surface area (Å²) in [6.45, 7) is -1.69. The van der Waals surface area contributed by atoms with Crippen LogP contribution in [0.5, 0.6) is 0 Å². The molecule has 0 bridgehead atoms. The number of rotatable bonds is 10. The van der Waals surface area contributed by atoms with Crippen molar-refractivity contribution < 1.29 is 62.5 Å². The highest BCUT2D eigenvalue weighted by Crippen LogP contribution is 2.56. The van der Waals surface area contributed by atoms with Gasteiger partial charge in [-0.25, -0.2) is 24.3 Å². The van der Waals surface area contributed by atoms with Crippen molar-refractivity contribution in [3.05, 3.63) is 35.4 Å². The Morgan fingerprint density at radius 1 is 0.977 bits per heavy atom. The Morgan fingerprint density at radius 3 is 2.37 bits per heavy atom. The van der Waals surface area contributed by atoms with Crippen molar-refractivity contribution in [3.63, 3.8) is 0 Å². The van der Waals surface area contributed by atoms with Crippen molar-refractivity contribution >= 4 is 38.8 Å². The van der Waals surface area contributed by atoms with E-state index in [-0.39, 0.29) is 22.8 Å². The van der Waals surface area contributed by atoms with Crippen LogP contribution in [-0.2, 0) is 27.6 Å². The number of imidazole rings is 1. The summed E-state index contributed by atoms with van der Waals surface area (Å²) >= 11 is 0. The van der Waals surface area contributed by atoms with Gasteiger partial charge in [-0.3, -0.25) is 13.7 Å². The molecule has 5 heterocycles. The largest absolute Gasteiger partial charge is 0.570 e. The lowest BCUT2D eigenvalue weighted by atomic mass is 10.1. The molecule has 0 aliphatic carbocycles. The van der Waals surface area contributed by atoms with Crippen molar-refractivity contribution in [1.82, 2.24) is 29.1 Å². The van der Waals surface area contributed by atoms with Crippen molar-refractivity contribution in [2.45, 2.75) is 49.1 Å². The summed E-state index contributed by atoms with van der Waals surface area (Å²) in [5.41, 5.74) is 10.7. The lowest BCUT2D eigenvalue weighted by Crippen LogP contribution is -2.39. The standard InChI is InChI=1S/C19H26N8O14P2/c20-9-1-2-26(19(31)25-9)18-13(30)14(8(40-18)4-37-42(32,33)34)41-43(35,36)38-3-7-11(28)12(29)17(39-7)27-6-24-10-15(21)22-5-23-16(10)27/h1-2,5-8,11-14,17-18,28-30,35-36H,3-4H2,(H5-,20,21,22,23,25,31,32,33,34)/p+1/t7-,8-,11-,12-,13-,14-,17-,18-/m1/s1. The van der Waals surface area contributed by atoms with Gasteiger partial charge in [0.05, 0.1) is 12.9 Å². The fourth-order valence-electron chi connectivity index (χ4n) is 4.52. The number of phosphoric acid groups is 1. The van der Waals surface area contributed by atoms with E-state index in [1.54, 1.807) is 0 Å². The molecule has 0 radical (unpaired) electrons. The summed E-state index contributed by atoms with van der Waals surface area (Å²) in [6, 6.07) is 1.20. The fraction of sp³-hybridized carbons (Fsp3) is 0.526. The summed E-state index contributed by atoms with van der Waals surface area (Å²) in [5, 5.41) is 32.0. The molecule has 2 saturated heterocycles. The minimum Gasteiger partial charge on any atom is -0.387 e. The number of nitrogen functional groups attached to an aromatic ring is 2. The van der Waals surface area contributed by atoms with Crippen LogP contribution in [0.4, 0.5) is 11.6 Å². The second-order valence-corrected chi connectivity index (χ2v) is 12.1. The lowest BCUT2D eigenvalue weighted by Gasteiger charge is -2.21. The van der Waals surface area contributed by atoms with E-state index in [4.69, 9.17) is 39.8 Å². The molecule has 3 aromatic heterocycles. The van der Waals surface area contributed by atoms with E-state index in [1.807, 2.05) is 0 Å². The van der Waals surface area contributed by atoms with E-state index in [9.17, 15) is 34.5 Å². The number of anilines is 2. The van der Waals surface area contributed by atoms with E-state index in [1.165, 1.54) is 17.0 Å². The molecule has 11 N–H and O–H groups in total. The maximum atomic E-state index is 12.3. The summed E-state index contributed by atoms with van der Waals surface area (Å²) in [7, 11) is -9.99. The number of aliphatic hydroxyl groups excluding tert-OH is 3. The summed E-state index contributed by atoms with van der Waals surface area (Å²) < 4.78 is 39.1. The van der Waals surface area contributed by atoms with Gasteiger partial charge >= 0.3 is 21.7 Å². The quantitative estimate of drug-likeness (QED) is 0.0950. The van der Waals surface area contributed by atoms with Gasteiger partial charge in [0.1, 0.15) is 54.8 Å². The van der Waals surface area contributed by atoms with Gasteiger partial charge in [-0.1, -0.05) is 0 Å². The Hall–Kier alpha value is -2.79. The SMILES string of the molecule is Nc1ccn([C@@H]2O[C@H](COP(=O)(O)O)[C@@H](O[P+](O)(O)OC[C@H]3O[C@@H](n4cnc5c(N)ncnc54)[C@H](O)[C@@H]3O)[C@H]2O)c(=O)n1. The van der Waals surface area contributed by atoms with E-state index < -0.39 is 84.0 Å². The molecule has 0 unspecified atom stereocenters. The Morgan fingerprint density at radius 2 is 1.67 bits per heavy atom. The summed E-state index contributed by atoms with van der Waals surface area (Å²) in [6.07, 6.45) is -9.07. The summed E-state index contributed by atoms with van der Waals surface area (Å²) in [5.74, 6) is -0.0828. The van der Waals surface area contributed by atoms with E-state index >= 15 is 0 Å². The van der Waals surface area contributed by atoms with Gasteiger partial charge < -0.3 is 46.0 Å². The average molecular weight is 653 g/mol. The zero-order chi connectivity index (χ0) is 31.3. The molecule has 8 atom stereocenters. The van der Waals surface area contributed by atoms with Crippen molar-refractivity contribution in [3.8, 4) is 0 Å². The van der Waals surface area contributed by atoms with Crippen LogP contribution in [0.15, 0.2) is 29.7 Å². The molecule has 2 fully saturated rings. The van der Waals surface area contributed by atoms with Gasteiger partial charge in [-0.05, 0) is 6.07 Å². The van der Waals surface area contributed by atoms with Crippen LogP contribution in [0.2, 0.25) is 0 Å². The van der Waals surface area contributed by atoms with Crippen LogP contribution in [0, 0.1) is 0 Å². The van der Waals surface area contributed by atoms with Gasteiger partial charge in [-0.15, -0.1) is 4.52 Å². The number of aliphatic hydroxyl groups is 3. The zero-order valence-corrected chi connectivity index (χ0v) is 23.4. The number of phosphoric ester groups is 1. The maximum Gasteiger partial charge on any atom is 0.570 e. The highest BCUT2D eigenvalue weighted by atomic mass is 31.2. The molecule has 2 aliphatic heterocycles. The first-order chi connectivity index (χ1) is 20.1. The third-order valence-corrected chi connectivity index (χ3v) is 8.00. The van der Waals surface area contributed by atoms with Crippen molar-refractivity contribution in [2.24, 2.45) is 0 Å². The van der Waals surface area contributed by atoms with Crippen LogP contribution in [0.3, 0.4) is 0 Å². The van der Waals surface area contributed by atoms with Gasteiger partial charge in [0.25, 0.3) is 0 Å². The second kappa shape index (κ2) is 12.0. The molecule has 236 valence electrons. The third kappa shape index (κ3) is 6.67. The Labute approximate surface area is 239 Å².